The van der Waals surface area contributed by atoms with Crippen LogP contribution in [-0.4, -0.2) is 21.3 Å². The topological polar surface area (TPSA) is 27.7 Å². The first-order valence-corrected chi connectivity index (χ1v) is 3.57. The number of hydrogen-bond acceptors (Lipinski definition) is 3. The van der Waals surface area contributed by atoms with Crippen molar-refractivity contribution in [1.29, 1.82) is 0 Å². The molecule has 14 heavy (non-hydrogen) atoms. The van der Waals surface area contributed by atoms with E-state index in [1.807, 2.05) is 0 Å². The molecule has 0 heterocycles. The van der Waals surface area contributed by atoms with Gasteiger partial charge in [0.2, 0.25) is 0 Å². The van der Waals surface area contributed by atoms with Gasteiger partial charge in [-0.15, -0.1) is 0 Å². The van der Waals surface area contributed by atoms with Gasteiger partial charge in [-0.05, 0) is 0 Å². The number of ether oxygens (including phenoxy) is 3. The Morgan fingerprint density at radius 1 is 0.714 bits per heavy atom. The molecular formula is C9H14NaO3P. The van der Waals surface area contributed by atoms with Crippen LogP contribution in [0.15, 0.2) is 18.2 Å². The van der Waals surface area contributed by atoms with E-state index in [0.717, 1.165) is 17.2 Å². The molecule has 0 N–H and O–H groups in total. The fourth-order valence-electron chi connectivity index (χ4n) is 0.899. The molecule has 0 spiro atoms. The van der Waals surface area contributed by atoms with Gasteiger partial charge in [0.25, 0.3) is 0 Å². The molecule has 0 unspecified atom stereocenters. The molecule has 0 saturated carbocycles. The first-order valence-electron chi connectivity index (χ1n) is 3.57. The first-order chi connectivity index (χ1) is 5.80. The van der Waals surface area contributed by atoms with E-state index < -0.39 is 0 Å². The van der Waals surface area contributed by atoms with Gasteiger partial charge in [0.15, 0.2) is 0 Å². The number of hydrogen-bond donors (Lipinski definition) is 0. The molecule has 0 saturated heterocycles. The molecule has 0 radical (unpaired) electrons. The van der Waals surface area contributed by atoms with Crippen molar-refractivity contribution < 1.29 is 43.8 Å². The second-order valence-corrected chi connectivity index (χ2v) is 2.25. The van der Waals surface area contributed by atoms with Gasteiger partial charge < -0.3 is 24.1 Å². The van der Waals surface area contributed by atoms with E-state index in [1.54, 1.807) is 39.5 Å². The minimum atomic E-state index is 0. The maximum Gasteiger partial charge on any atom is 1.00 e. The molecule has 1 rings (SSSR count). The predicted molar refractivity (Wildman–Crippen MR) is 55.8 cm³/mol. The Morgan fingerprint density at radius 3 is 1.07 bits per heavy atom. The molecule has 0 aliphatic heterocycles. The van der Waals surface area contributed by atoms with E-state index in [2.05, 4.69) is 0 Å². The molecule has 0 aromatic heterocycles. The number of benzene rings is 1. The molecule has 74 valence electrons. The van der Waals surface area contributed by atoms with Gasteiger partial charge in [-0.2, -0.15) is 0 Å². The van der Waals surface area contributed by atoms with E-state index in [-0.39, 0.29) is 39.5 Å². The van der Waals surface area contributed by atoms with Crippen molar-refractivity contribution in [2.45, 2.75) is 0 Å². The quantitative estimate of drug-likeness (QED) is 0.489. The summed E-state index contributed by atoms with van der Waals surface area (Å²) in [6.45, 7) is 0. The summed E-state index contributed by atoms with van der Waals surface area (Å²) in [5, 5.41) is 0. The van der Waals surface area contributed by atoms with Crippen LogP contribution in [0.25, 0.3) is 0 Å². The van der Waals surface area contributed by atoms with Crippen LogP contribution < -0.4 is 43.8 Å². The largest absolute Gasteiger partial charge is 1.00 e. The molecule has 0 aliphatic carbocycles. The Morgan fingerprint density at radius 2 is 0.929 bits per heavy atom. The zero-order chi connectivity index (χ0) is 8.97. The van der Waals surface area contributed by atoms with Gasteiger partial charge in [0, 0.05) is 18.2 Å². The van der Waals surface area contributed by atoms with E-state index in [9.17, 15) is 0 Å². The fraction of sp³-hybridized carbons (Fsp3) is 0.333. The number of rotatable bonds is 3. The van der Waals surface area contributed by atoms with E-state index in [0.29, 0.717) is 0 Å². The van der Waals surface area contributed by atoms with Crippen molar-refractivity contribution in [2.24, 2.45) is 0 Å². The van der Waals surface area contributed by atoms with Crippen LogP contribution in [0.5, 0.6) is 17.2 Å². The standard InChI is InChI=1S/C9H12O3.Na.H2P/c1-10-7-4-8(11-2)6-9(5-7)12-3;;/h4-6H,1-3H3;;1H2/q;+1;-1. The molecule has 0 bridgehead atoms. The summed E-state index contributed by atoms with van der Waals surface area (Å²) < 4.78 is 15.1. The zero-order valence-corrected chi connectivity index (χ0v) is 12.2. The van der Waals surface area contributed by atoms with Gasteiger partial charge in [-0.3, -0.25) is 0 Å². The number of methoxy groups -OCH3 is 3. The van der Waals surface area contributed by atoms with Crippen molar-refractivity contribution >= 4 is 9.90 Å². The van der Waals surface area contributed by atoms with Crippen molar-refractivity contribution in [3.05, 3.63) is 18.2 Å². The summed E-state index contributed by atoms with van der Waals surface area (Å²) in [4.78, 5) is 0. The van der Waals surface area contributed by atoms with Crippen LogP contribution in [0.1, 0.15) is 0 Å². The minimum Gasteiger partial charge on any atom is -0.577 e. The van der Waals surface area contributed by atoms with Crippen LogP contribution in [0, 0.1) is 0 Å². The Balaban J connectivity index is 0. The Hall–Kier alpha value is 0.0500. The third-order valence-corrected chi connectivity index (χ3v) is 1.56. The van der Waals surface area contributed by atoms with Crippen molar-refractivity contribution in [3.8, 4) is 17.2 Å². The molecular weight excluding hydrogens is 210 g/mol. The summed E-state index contributed by atoms with van der Waals surface area (Å²) in [7, 11) is 4.82. The smallest absolute Gasteiger partial charge is 0.577 e. The van der Waals surface area contributed by atoms with Crippen LogP contribution in [0.4, 0.5) is 0 Å². The molecule has 1 aromatic rings. The second-order valence-electron chi connectivity index (χ2n) is 2.25. The van der Waals surface area contributed by atoms with Crippen LogP contribution in [0.2, 0.25) is 0 Å². The van der Waals surface area contributed by atoms with Crippen LogP contribution in [0.3, 0.4) is 0 Å². The zero-order valence-electron chi connectivity index (χ0n) is 9.03. The van der Waals surface area contributed by atoms with Gasteiger partial charge >= 0.3 is 29.6 Å². The molecule has 0 fully saturated rings. The monoisotopic (exact) mass is 224 g/mol. The van der Waals surface area contributed by atoms with Crippen molar-refractivity contribution in [3.63, 3.8) is 0 Å². The van der Waals surface area contributed by atoms with Gasteiger partial charge in [-0.1, -0.05) is 0 Å². The minimum absolute atomic E-state index is 0. The third kappa shape index (κ3) is 4.52. The van der Waals surface area contributed by atoms with E-state index in [4.69, 9.17) is 14.2 Å². The first kappa shape index (κ1) is 16.5. The normalized spacial score (nSPS) is 7.93. The summed E-state index contributed by atoms with van der Waals surface area (Å²) in [5.41, 5.74) is 0. The maximum absolute atomic E-state index is 5.04. The van der Waals surface area contributed by atoms with E-state index >= 15 is 0 Å². The van der Waals surface area contributed by atoms with Crippen molar-refractivity contribution in [2.75, 3.05) is 21.3 Å². The third-order valence-electron chi connectivity index (χ3n) is 1.56. The fourth-order valence-corrected chi connectivity index (χ4v) is 0.899. The molecule has 0 atom stereocenters. The molecule has 0 amide bonds. The van der Waals surface area contributed by atoms with Crippen LogP contribution >= 0.6 is 9.90 Å². The molecule has 0 aliphatic rings. The average Bonchev–Trinajstić information content (AvgIpc) is 2.16. The van der Waals surface area contributed by atoms with Crippen LogP contribution in [-0.2, 0) is 0 Å². The molecule has 3 nitrogen and oxygen atoms in total. The Labute approximate surface area is 110 Å². The predicted octanol–water partition coefficient (Wildman–Crippen LogP) is -0.958. The second kappa shape index (κ2) is 8.37. The molecule has 1 aromatic carbocycles. The Kier molecular flexibility index (Phi) is 9.85. The van der Waals surface area contributed by atoms with Crippen molar-refractivity contribution in [1.82, 2.24) is 0 Å². The van der Waals surface area contributed by atoms with E-state index in [1.165, 1.54) is 0 Å². The SMILES string of the molecule is COc1cc(OC)cc(OC)c1.[Na+].[PH2-]. The average molecular weight is 224 g/mol. The Bertz CT molecular complexity index is 213. The summed E-state index contributed by atoms with van der Waals surface area (Å²) in [5.74, 6) is 2.18. The summed E-state index contributed by atoms with van der Waals surface area (Å²) in [6, 6.07) is 5.38. The molecule has 5 heteroatoms. The maximum atomic E-state index is 5.04. The summed E-state index contributed by atoms with van der Waals surface area (Å²) in [6.07, 6.45) is 0. The summed E-state index contributed by atoms with van der Waals surface area (Å²) >= 11 is 0. The van der Waals surface area contributed by atoms with Gasteiger partial charge in [-0.25, -0.2) is 0 Å². The van der Waals surface area contributed by atoms with Gasteiger partial charge in [0.05, 0.1) is 21.3 Å². The van der Waals surface area contributed by atoms with Gasteiger partial charge in [0.1, 0.15) is 17.2 Å².